The third kappa shape index (κ3) is 3.76. The lowest BCUT2D eigenvalue weighted by molar-refractivity contribution is -0.141. The molecule has 0 saturated carbocycles. The van der Waals surface area contributed by atoms with Gasteiger partial charge in [-0.2, -0.15) is 0 Å². The quantitative estimate of drug-likeness (QED) is 0.764. The van der Waals surface area contributed by atoms with E-state index in [1.54, 1.807) is 0 Å². The van der Waals surface area contributed by atoms with Gasteiger partial charge in [-0.25, -0.2) is 9.59 Å². The van der Waals surface area contributed by atoms with Crippen LogP contribution in [0, 0.1) is 0 Å². The number of thioether (sulfide) groups is 1. The van der Waals surface area contributed by atoms with Crippen molar-refractivity contribution in [1.29, 1.82) is 0 Å². The Labute approximate surface area is 117 Å². The summed E-state index contributed by atoms with van der Waals surface area (Å²) in [6.07, 6.45) is 1.69. The van der Waals surface area contributed by atoms with Crippen LogP contribution in [-0.2, 0) is 4.79 Å². The summed E-state index contributed by atoms with van der Waals surface area (Å²) in [7, 11) is 0. The molecule has 1 aliphatic heterocycles. The minimum Gasteiger partial charge on any atom is -0.480 e. The maximum Gasteiger partial charge on any atom is 0.327 e. The van der Waals surface area contributed by atoms with E-state index in [1.165, 1.54) is 21.6 Å². The first kappa shape index (κ1) is 16.1. The van der Waals surface area contributed by atoms with Crippen LogP contribution in [0.1, 0.15) is 26.7 Å². The van der Waals surface area contributed by atoms with Crippen molar-refractivity contribution in [2.24, 2.45) is 0 Å². The molecule has 2 amide bonds. The Bertz CT molecular complexity index is 327. The Morgan fingerprint density at radius 3 is 2.58 bits per heavy atom. The number of hydrogen-bond acceptors (Lipinski definition) is 4. The van der Waals surface area contributed by atoms with Crippen molar-refractivity contribution in [2.75, 3.05) is 25.4 Å². The zero-order chi connectivity index (χ0) is 14.4. The van der Waals surface area contributed by atoms with Crippen molar-refractivity contribution >= 4 is 23.8 Å². The van der Waals surface area contributed by atoms with Gasteiger partial charge in [0.05, 0.1) is 12.0 Å². The molecule has 1 rings (SSSR count). The fourth-order valence-corrected chi connectivity index (χ4v) is 3.66. The van der Waals surface area contributed by atoms with Crippen LogP contribution in [0.4, 0.5) is 4.79 Å². The van der Waals surface area contributed by atoms with Crippen molar-refractivity contribution in [3.8, 4) is 0 Å². The molecule has 0 aliphatic carbocycles. The molecule has 110 valence electrons. The van der Waals surface area contributed by atoms with E-state index in [0.717, 1.165) is 12.8 Å². The van der Waals surface area contributed by atoms with Crippen LogP contribution in [0.15, 0.2) is 0 Å². The summed E-state index contributed by atoms with van der Waals surface area (Å²) in [4.78, 5) is 26.6. The van der Waals surface area contributed by atoms with Gasteiger partial charge in [0.1, 0.15) is 6.04 Å². The van der Waals surface area contributed by atoms with Crippen LogP contribution in [0.3, 0.4) is 0 Å². The van der Waals surface area contributed by atoms with E-state index in [1.807, 2.05) is 13.8 Å². The highest BCUT2D eigenvalue weighted by molar-refractivity contribution is 8.00. The molecular weight excluding hydrogens is 268 g/mol. The average Bonchev–Trinajstić information content (AvgIpc) is 2.79. The molecule has 0 spiro atoms. The molecular formula is C12H22N2O4S. The Hall–Kier alpha value is -0.950. The minimum absolute atomic E-state index is 0.0775. The van der Waals surface area contributed by atoms with Crippen molar-refractivity contribution in [3.05, 3.63) is 0 Å². The smallest absolute Gasteiger partial charge is 0.327 e. The average molecular weight is 290 g/mol. The molecule has 2 unspecified atom stereocenters. The normalized spacial score (nSPS) is 22.6. The predicted octanol–water partition coefficient (Wildman–Crippen LogP) is 1.05. The number of aliphatic carboxylic acids is 1. The highest BCUT2D eigenvalue weighted by atomic mass is 32.2. The van der Waals surface area contributed by atoms with E-state index < -0.39 is 12.0 Å². The third-order valence-corrected chi connectivity index (χ3v) is 4.51. The predicted molar refractivity (Wildman–Crippen MR) is 74.1 cm³/mol. The van der Waals surface area contributed by atoms with Crippen molar-refractivity contribution in [2.45, 2.75) is 38.1 Å². The monoisotopic (exact) mass is 290 g/mol. The van der Waals surface area contributed by atoms with Gasteiger partial charge < -0.3 is 15.1 Å². The van der Waals surface area contributed by atoms with Crippen molar-refractivity contribution in [1.82, 2.24) is 9.80 Å². The molecule has 0 aromatic heterocycles. The lowest BCUT2D eigenvalue weighted by Crippen LogP contribution is -2.52. The van der Waals surface area contributed by atoms with E-state index in [4.69, 9.17) is 5.11 Å². The summed E-state index contributed by atoms with van der Waals surface area (Å²) in [6, 6.07) is -1.05. The number of carbonyl (C=O) groups excluding carboxylic acids is 1. The highest BCUT2D eigenvalue weighted by Gasteiger charge is 2.42. The zero-order valence-electron chi connectivity index (χ0n) is 11.4. The van der Waals surface area contributed by atoms with E-state index in [9.17, 15) is 14.7 Å². The second-order valence-electron chi connectivity index (χ2n) is 4.42. The van der Waals surface area contributed by atoms with Gasteiger partial charge in [0.2, 0.25) is 0 Å². The molecule has 0 radical (unpaired) electrons. The SMILES string of the molecule is CCCC1SCC(C(=O)O)N1C(=O)N(CC)CCO. The number of rotatable bonds is 6. The van der Waals surface area contributed by atoms with Crippen LogP contribution >= 0.6 is 11.8 Å². The van der Waals surface area contributed by atoms with Crippen LogP contribution in [0.2, 0.25) is 0 Å². The van der Waals surface area contributed by atoms with Crippen LogP contribution in [-0.4, -0.2) is 68.9 Å². The Kier molecular flexibility index (Phi) is 6.44. The number of hydrogen-bond donors (Lipinski definition) is 2. The number of nitrogens with zero attached hydrogens (tertiary/aromatic N) is 2. The molecule has 6 nitrogen and oxygen atoms in total. The maximum absolute atomic E-state index is 12.4. The van der Waals surface area contributed by atoms with Gasteiger partial charge in [0.25, 0.3) is 0 Å². The topological polar surface area (TPSA) is 81.1 Å². The fourth-order valence-electron chi connectivity index (χ4n) is 2.15. The summed E-state index contributed by atoms with van der Waals surface area (Å²) < 4.78 is 0. The molecule has 19 heavy (non-hydrogen) atoms. The van der Waals surface area contributed by atoms with Gasteiger partial charge in [-0.1, -0.05) is 13.3 Å². The Morgan fingerprint density at radius 1 is 1.42 bits per heavy atom. The molecule has 7 heteroatoms. The minimum atomic E-state index is -0.959. The summed E-state index contributed by atoms with van der Waals surface area (Å²) in [5, 5.41) is 18.1. The van der Waals surface area contributed by atoms with Crippen molar-refractivity contribution < 1.29 is 19.8 Å². The van der Waals surface area contributed by atoms with Gasteiger partial charge in [-0.05, 0) is 13.3 Å². The zero-order valence-corrected chi connectivity index (χ0v) is 12.2. The number of amides is 2. The lowest BCUT2D eigenvalue weighted by atomic mass is 10.2. The van der Waals surface area contributed by atoms with Crippen LogP contribution < -0.4 is 0 Å². The van der Waals surface area contributed by atoms with E-state index in [0.29, 0.717) is 12.3 Å². The van der Waals surface area contributed by atoms with Gasteiger partial charge in [0, 0.05) is 18.8 Å². The first-order chi connectivity index (χ1) is 9.06. The number of carboxylic acids is 1. The summed E-state index contributed by atoms with van der Waals surface area (Å²) in [5.74, 6) is -0.526. The molecule has 0 aromatic rings. The Morgan fingerprint density at radius 2 is 2.11 bits per heavy atom. The highest BCUT2D eigenvalue weighted by Crippen LogP contribution is 2.33. The van der Waals surface area contributed by atoms with E-state index in [2.05, 4.69) is 0 Å². The standard InChI is InChI=1S/C12H22N2O4S/c1-3-5-10-14(9(8-19-10)11(16)17)12(18)13(4-2)6-7-15/h9-10,15H,3-8H2,1-2H3,(H,16,17). The molecule has 1 saturated heterocycles. The molecule has 0 bridgehead atoms. The lowest BCUT2D eigenvalue weighted by Gasteiger charge is -2.32. The largest absolute Gasteiger partial charge is 0.480 e. The number of aliphatic hydroxyl groups is 1. The molecule has 1 aliphatic rings. The summed E-state index contributed by atoms with van der Waals surface area (Å²) >= 11 is 1.52. The molecule has 2 N–H and O–H groups in total. The maximum atomic E-state index is 12.4. The first-order valence-electron chi connectivity index (χ1n) is 6.59. The summed E-state index contributed by atoms with van der Waals surface area (Å²) in [6.45, 7) is 4.42. The van der Waals surface area contributed by atoms with Gasteiger partial charge in [-0.15, -0.1) is 11.8 Å². The number of carbonyl (C=O) groups is 2. The fraction of sp³-hybridized carbons (Fsp3) is 0.833. The van der Waals surface area contributed by atoms with Crippen LogP contribution in [0.25, 0.3) is 0 Å². The summed E-state index contributed by atoms with van der Waals surface area (Å²) in [5.41, 5.74) is 0. The van der Waals surface area contributed by atoms with E-state index in [-0.39, 0.29) is 24.6 Å². The number of likely N-dealkylation sites (N-methyl/N-ethyl adjacent to an activating group) is 1. The molecule has 1 heterocycles. The van der Waals surface area contributed by atoms with Gasteiger partial charge in [-0.3, -0.25) is 4.90 Å². The number of carboxylic acid groups (broad SMARTS) is 1. The second-order valence-corrected chi connectivity index (χ2v) is 5.63. The first-order valence-corrected chi connectivity index (χ1v) is 7.64. The molecule has 2 atom stereocenters. The van der Waals surface area contributed by atoms with Crippen molar-refractivity contribution in [3.63, 3.8) is 0 Å². The third-order valence-electron chi connectivity index (χ3n) is 3.16. The molecule has 0 aromatic carbocycles. The number of urea groups is 1. The van der Waals surface area contributed by atoms with Gasteiger partial charge in [0.15, 0.2) is 0 Å². The van der Waals surface area contributed by atoms with Crippen LogP contribution in [0.5, 0.6) is 0 Å². The van der Waals surface area contributed by atoms with E-state index >= 15 is 0 Å². The molecule has 1 fully saturated rings. The second kappa shape index (κ2) is 7.59. The van der Waals surface area contributed by atoms with Gasteiger partial charge >= 0.3 is 12.0 Å². The Balaban J connectivity index is 2.87. The number of aliphatic hydroxyl groups excluding tert-OH is 1.